The summed E-state index contributed by atoms with van der Waals surface area (Å²) in [5, 5.41) is 12.7. The number of carbonyl (C=O) groups is 1. The number of rotatable bonds is 4. The van der Waals surface area contributed by atoms with Gasteiger partial charge in [-0.2, -0.15) is 5.26 Å². The van der Waals surface area contributed by atoms with Gasteiger partial charge in [-0.15, -0.1) is 0 Å². The molecule has 1 fully saturated rings. The molecule has 2 amide bonds. The molecule has 1 aromatic heterocycles. The van der Waals surface area contributed by atoms with Gasteiger partial charge in [0.15, 0.2) is 0 Å². The van der Waals surface area contributed by atoms with Crippen molar-refractivity contribution >= 4 is 17.0 Å². The van der Waals surface area contributed by atoms with E-state index in [0.29, 0.717) is 30.0 Å². The van der Waals surface area contributed by atoms with E-state index in [1.807, 2.05) is 43.0 Å². The summed E-state index contributed by atoms with van der Waals surface area (Å²) >= 11 is 0. The molecule has 0 bridgehead atoms. The predicted molar refractivity (Wildman–Crippen MR) is 120 cm³/mol. The second-order valence-corrected chi connectivity index (χ2v) is 8.33. The number of nitrogens with zero attached hydrogens (tertiary/aromatic N) is 3. The molecule has 1 aliphatic heterocycles. The van der Waals surface area contributed by atoms with E-state index in [0.717, 1.165) is 42.6 Å². The first kappa shape index (κ1) is 21.8. The maximum Gasteiger partial charge on any atom is 0.318 e. The van der Waals surface area contributed by atoms with E-state index < -0.39 is 0 Å². The first-order valence-electron chi connectivity index (χ1n) is 10.9. The number of hydrogen-bond acceptors (Lipinski definition) is 4. The molecule has 0 saturated carbocycles. The molecule has 2 heterocycles. The van der Waals surface area contributed by atoms with E-state index in [2.05, 4.69) is 16.3 Å². The largest absolute Gasteiger partial charge is 0.459 e. The summed E-state index contributed by atoms with van der Waals surface area (Å²) in [5.74, 6) is 0.344. The average Bonchev–Trinajstić information content (AvgIpc) is 2.96. The van der Waals surface area contributed by atoms with Gasteiger partial charge in [-0.05, 0) is 56.2 Å². The van der Waals surface area contributed by atoms with E-state index >= 15 is 0 Å². The second-order valence-electron chi connectivity index (χ2n) is 8.33. The molecule has 4 rings (SSSR count). The third-order valence-electron chi connectivity index (χ3n) is 6.03. The standard InChI is InChI=1S/C25H27FN4O2/c1-17-22-14-21(26)8-9-23(22)32-24(17)18(2)28-25(31)30-11-3-10-29(12-13-30)16-20-6-4-19(15-27)5-7-20/h4-9,14,18H,3,10-13,16H2,1-2H3,(H,28,31). The van der Waals surface area contributed by atoms with E-state index in [9.17, 15) is 9.18 Å². The van der Waals surface area contributed by atoms with Crippen molar-refractivity contribution in [3.05, 3.63) is 70.7 Å². The topological polar surface area (TPSA) is 72.5 Å². The first-order valence-corrected chi connectivity index (χ1v) is 10.9. The SMILES string of the molecule is Cc1c(C(C)NC(=O)N2CCCN(Cc3ccc(C#N)cc3)CC2)oc2ccc(F)cc12. The van der Waals surface area contributed by atoms with Crippen LogP contribution in [0.4, 0.5) is 9.18 Å². The lowest BCUT2D eigenvalue weighted by molar-refractivity contribution is 0.193. The molecule has 1 atom stereocenters. The Morgan fingerprint density at radius 2 is 1.97 bits per heavy atom. The van der Waals surface area contributed by atoms with Crippen molar-refractivity contribution in [1.29, 1.82) is 5.26 Å². The summed E-state index contributed by atoms with van der Waals surface area (Å²) in [6, 6.07) is 13.8. The van der Waals surface area contributed by atoms with Crippen molar-refractivity contribution in [2.45, 2.75) is 32.9 Å². The first-order chi connectivity index (χ1) is 15.4. The summed E-state index contributed by atoms with van der Waals surface area (Å²) in [5.41, 5.74) is 3.28. The Bertz CT molecular complexity index is 1150. The third kappa shape index (κ3) is 4.76. The lowest BCUT2D eigenvalue weighted by atomic mass is 10.1. The smallest absolute Gasteiger partial charge is 0.318 e. The maximum absolute atomic E-state index is 13.6. The van der Waals surface area contributed by atoms with Gasteiger partial charge >= 0.3 is 6.03 Å². The van der Waals surface area contributed by atoms with Crippen LogP contribution >= 0.6 is 0 Å². The molecule has 1 saturated heterocycles. The van der Waals surface area contributed by atoms with Crippen LogP contribution in [0.15, 0.2) is 46.9 Å². The van der Waals surface area contributed by atoms with Gasteiger partial charge in [0.25, 0.3) is 0 Å². The van der Waals surface area contributed by atoms with Crippen molar-refractivity contribution in [2.75, 3.05) is 26.2 Å². The fourth-order valence-electron chi connectivity index (χ4n) is 4.24. The van der Waals surface area contributed by atoms with Crippen molar-refractivity contribution < 1.29 is 13.6 Å². The number of amides is 2. The van der Waals surface area contributed by atoms with Crippen LogP contribution in [-0.2, 0) is 6.54 Å². The summed E-state index contributed by atoms with van der Waals surface area (Å²) in [4.78, 5) is 17.1. The molecule has 166 valence electrons. The number of furan rings is 1. The molecule has 6 nitrogen and oxygen atoms in total. The van der Waals surface area contributed by atoms with Gasteiger partial charge in [0.05, 0.1) is 17.7 Å². The lowest BCUT2D eigenvalue weighted by Gasteiger charge is -2.24. The van der Waals surface area contributed by atoms with Gasteiger partial charge in [-0.3, -0.25) is 4.90 Å². The highest BCUT2D eigenvalue weighted by atomic mass is 19.1. The number of hydrogen-bond donors (Lipinski definition) is 1. The fraction of sp³-hybridized carbons (Fsp3) is 0.360. The van der Waals surface area contributed by atoms with Gasteiger partial charge in [0.2, 0.25) is 0 Å². The number of nitriles is 1. The Balaban J connectivity index is 1.35. The molecule has 2 aromatic carbocycles. The summed E-state index contributed by atoms with van der Waals surface area (Å²) in [6.07, 6.45) is 0.890. The number of urea groups is 1. The molecule has 1 N–H and O–H groups in total. The average molecular weight is 435 g/mol. The number of carbonyl (C=O) groups excluding carboxylic acids is 1. The van der Waals surface area contributed by atoms with Crippen molar-refractivity contribution in [2.24, 2.45) is 0 Å². The monoisotopic (exact) mass is 434 g/mol. The van der Waals surface area contributed by atoms with Gasteiger partial charge in [0.1, 0.15) is 17.2 Å². The molecule has 7 heteroatoms. The van der Waals surface area contributed by atoms with E-state index in [4.69, 9.17) is 9.68 Å². The van der Waals surface area contributed by atoms with Crippen molar-refractivity contribution in [3.8, 4) is 6.07 Å². The minimum absolute atomic E-state index is 0.122. The number of aryl methyl sites for hydroxylation is 1. The van der Waals surface area contributed by atoms with Crippen LogP contribution in [-0.4, -0.2) is 42.0 Å². The highest BCUT2D eigenvalue weighted by molar-refractivity contribution is 5.82. The van der Waals surface area contributed by atoms with Gasteiger partial charge in [0, 0.05) is 43.7 Å². The highest BCUT2D eigenvalue weighted by Crippen LogP contribution is 2.30. The molecule has 0 radical (unpaired) electrons. The molecular formula is C25H27FN4O2. The van der Waals surface area contributed by atoms with Crippen molar-refractivity contribution in [1.82, 2.24) is 15.1 Å². The quantitative estimate of drug-likeness (QED) is 0.644. The molecule has 1 unspecified atom stereocenters. The zero-order chi connectivity index (χ0) is 22.7. The Morgan fingerprint density at radius 3 is 2.72 bits per heavy atom. The van der Waals surface area contributed by atoms with Crippen LogP contribution in [0.25, 0.3) is 11.0 Å². The van der Waals surface area contributed by atoms with E-state index in [1.54, 1.807) is 6.07 Å². The summed E-state index contributed by atoms with van der Waals surface area (Å²) in [6.45, 7) is 7.58. The van der Waals surface area contributed by atoms with Gasteiger partial charge in [-0.1, -0.05) is 12.1 Å². The number of fused-ring (bicyclic) bond motifs is 1. The Kier molecular flexibility index (Phi) is 6.42. The minimum Gasteiger partial charge on any atom is -0.459 e. The third-order valence-corrected chi connectivity index (χ3v) is 6.03. The van der Waals surface area contributed by atoms with Gasteiger partial charge in [-0.25, -0.2) is 9.18 Å². The lowest BCUT2D eigenvalue weighted by Crippen LogP contribution is -2.43. The summed E-state index contributed by atoms with van der Waals surface area (Å²) in [7, 11) is 0. The minimum atomic E-state index is -0.323. The number of nitrogens with one attached hydrogen (secondary N) is 1. The molecule has 0 aliphatic carbocycles. The molecule has 3 aromatic rings. The second kappa shape index (κ2) is 9.41. The van der Waals surface area contributed by atoms with Crippen molar-refractivity contribution in [3.63, 3.8) is 0 Å². The Hall–Kier alpha value is -3.37. The predicted octanol–water partition coefficient (Wildman–Crippen LogP) is 4.73. The zero-order valence-electron chi connectivity index (χ0n) is 18.4. The normalized spacial score (nSPS) is 15.9. The van der Waals surface area contributed by atoms with Crippen LogP contribution in [0.1, 0.15) is 41.8 Å². The number of benzene rings is 2. The summed E-state index contributed by atoms with van der Waals surface area (Å²) < 4.78 is 19.5. The van der Waals surface area contributed by atoms with E-state index in [1.165, 1.54) is 12.1 Å². The molecule has 0 spiro atoms. The van der Waals surface area contributed by atoms with Crippen LogP contribution in [0, 0.1) is 24.1 Å². The highest BCUT2D eigenvalue weighted by Gasteiger charge is 2.23. The van der Waals surface area contributed by atoms with Crippen LogP contribution < -0.4 is 5.32 Å². The van der Waals surface area contributed by atoms with Gasteiger partial charge < -0.3 is 14.6 Å². The Labute approximate surface area is 187 Å². The molecule has 32 heavy (non-hydrogen) atoms. The maximum atomic E-state index is 13.6. The van der Waals surface area contributed by atoms with Crippen LogP contribution in [0.2, 0.25) is 0 Å². The zero-order valence-corrected chi connectivity index (χ0v) is 18.4. The molecule has 1 aliphatic rings. The molecular weight excluding hydrogens is 407 g/mol. The van der Waals surface area contributed by atoms with Crippen LogP contribution in [0.3, 0.4) is 0 Å². The fourth-order valence-corrected chi connectivity index (χ4v) is 4.24. The van der Waals surface area contributed by atoms with E-state index in [-0.39, 0.29) is 17.9 Å². The number of halogens is 1. The Morgan fingerprint density at radius 1 is 1.19 bits per heavy atom. The van der Waals surface area contributed by atoms with Crippen LogP contribution in [0.5, 0.6) is 0 Å².